The fraction of sp³-hybridized carbons (Fsp3) is 0.333. The first-order valence-corrected chi connectivity index (χ1v) is 8.84. The Bertz CT molecular complexity index is 757. The van der Waals surface area contributed by atoms with E-state index < -0.39 is 5.97 Å². The van der Waals surface area contributed by atoms with Gasteiger partial charge in [-0.2, -0.15) is 0 Å². The maximum absolute atomic E-state index is 12.1. The summed E-state index contributed by atoms with van der Waals surface area (Å²) in [5, 5.41) is 2.80. The second-order valence-corrected chi connectivity index (χ2v) is 6.07. The fourth-order valence-electron chi connectivity index (χ4n) is 2.45. The van der Waals surface area contributed by atoms with E-state index in [1.165, 1.54) is 0 Å². The Hall–Kier alpha value is -3.02. The van der Waals surface area contributed by atoms with Gasteiger partial charge >= 0.3 is 5.97 Å². The van der Waals surface area contributed by atoms with Crippen molar-refractivity contribution < 1.29 is 23.8 Å². The third kappa shape index (κ3) is 6.33. The predicted molar refractivity (Wildman–Crippen MR) is 103 cm³/mol. The Kier molecular flexibility index (Phi) is 7.67. The molecule has 1 N–H and O–H groups in total. The molecule has 0 saturated heterocycles. The highest BCUT2D eigenvalue weighted by molar-refractivity contribution is 5.93. The van der Waals surface area contributed by atoms with Crippen molar-refractivity contribution in [3.63, 3.8) is 0 Å². The molecular weight excluding hydrogens is 346 g/mol. The zero-order valence-corrected chi connectivity index (χ0v) is 15.9. The van der Waals surface area contributed by atoms with Crippen LogP contribution in [0.1, 0.15) is 31.7 Å². The molecule has 27 heavy (non-hydrogen) atoms. The molecule has 0 saturated carbocycles. The number of ether oxygens (including phenoxy) is 3. The monoisotopic (exact) mass is 371 g/mol. The average molecular weight is 371 g/mol. The minimum absolute atomic E-state index is 0.275. The molecule has 0 fully saturated rings. The molecule has 2 rings (SSSR count). The number of nitrogens with one attached hydrogen (secondary N) is 1. The molecule has 2 aromatic rings. The van der Waals surface area contributed by atoms with Gasteiger partial charge in [-0.15, -0.1) is 0 Å². The van der Waals surface area contributed by atoms with Crippen LogP contribution in [0, 0.1) is 0 Å². The number of hydrogen-bond donors (Lipinski definition) is 1. The van der Waals surface area contributed by atoms with Crippen LogP contribution in [0.3, 0.4) is 0 Å². The maximum atomic E-state index is 12.1. The molecule has 6 heteroatoms. The summed E-state index contributed by atoms with van der Waals surface area (Å²) in [5.74, 6) is 0.528. The van der Waals surface area contributed by atoms with Crippen molar-refractivity contribution in [3.05, 3.63) is 54.1 Å². The minimum Gasteiger partial charge on any atom is -0.497 e. The Morgan fingerprint density at radius 1 is 1.00 bits per heavy atom. The molecule has 0 radical (unpaired) electrons. The van der Waals surface area contributed by atoms with E-state index in [0.717, 1.165) is 17.7 Å². The molecule has 0 unspecified atom stereocenters. The highest BCUT2D eigenvalue weighted by Crippen LogP contribution is 2.26. The largest absolute Gasteiger partial charge is 0.497 e. The topological polar surface area (TPSA) is 73.9 Å². The number of carbonyl (C=O) groups excluding carboxylic acids is 2. The van der Waals surface area contributed by atoms with E-state index in [9.17, 15) is 9.59 Å². The van der Waals surface area contributed by atoms with E-state index in [-0.39, 0.29) is 19.1 Å². The van der Waals surface area contributed by atoms with Gasteiger partial charge in [-0.25, -0.2) is 4.79 Å². The summed E-state index contributed by atoms with van der Waals surface area (Å²) in [5.41, 5.74) is 1.80. The molecule has 0 aliphatic rings. The summed E-state index contributed by atoms with van der Waals surface area (Å²) >= 11 is 0. The Morgan fingerprint density at radius 3 is 2.33 bits per heavy atom. The Labute approximate surface area is 159 Å². The molecule has 6 nitrogen and oxygen atoms in total. The lowest BCUT2D eigenvalue weighted by atomic mass is 9.97. The van der Waals surface area contributed by atoms with E-state index >= 15 is 0 Å². The molecule has 1 amide bonds. The lowest BCUT2D eigenvalue weighted by molar-refractivity contribution is -0.149. The van der Waals surface area contributed by atoms with E-state index in [1.54, 1.807) is 31.4 Å². The SMILES string of the molecule is CC[C@H](C)c1ccccc1NC(=O)COC(=O)COc1ccc(OC)cc1. The first-order chi connectivity index (χ1) is 13.0. The Morgan fingerprint density at radius 2 is 1.67 bits per heavy atom. The van der Waals surface area contributed by atoms with E-state index in [4.69, 9.17) is 14.2 Å². The quantitative estimate of drug-likeness (QED) is 0.679. The van der Waals surface area contributed by atoms with Gasteiger partial charge in [0, 0.05) is 5.69 Å². The van der Waals surface area contributed by atoms with Crippen molar-refractivity contribution in [2.24, 2.45) is 0 Å². The third-order valence-electron chi connectivity index (χ3n) is 4.16. The van der Waals surface area contributed by atoms with Gasteiger partial charge in [-0.05, 0) is 48.2 Å². The smallest absolute Gasteiger partial charge is 0.344 e. The number of rotatable bonds is 9. The molecule has 0 aromatic heterocycles. The number of methoxy groups -OCH3 is 1. The number of esters is 1. The van der Waals surface area contributed by atoms with Crippen LogP contribution in [-0.4, -0.2) is 32.2 Å². The highest BCUT2D eigenvalue weighted by atomic mass is 16.6. The summed E-state index contributed by atoms with van der Waals surface area (Å²) in [7, 11) is 1.57. The zero-order valence-electron chi connectivity index (χ0n) is 15.9. The third-order valence-corrected chi connectivity index (χ3v) is 4.16. The van der Waals surface area contributed by atoms with E-state index in [0.29, 0.717) is 17.4 Å². The summed E-state index contributed by atoms with van der Waals surface area (Å²) in [4.78, 5) is 23.8. The van der Waals surface area contributed by atoms with Crippen LogP contribution in [0.2, 0.25) is 0 Å². The van der Waals surface area contributed by atoms with Crippen molar-refractivity contribution in [3.8, 4) is 11.5 Å². The van der Waals surface area contributed by atoms with Gasteiger partial charge < -0.3 is 19.5 Å². The normalized spacial score (nSPS) is 11.4. The lowest BCUT2D eigenvalue weighted by Crippen LogP contribution is -2.24. The molecule has 0 aliphatic carbocycles. The van der Waals surface area contributed by atoms with Crippen molar-refractivity contribution in [1.82, 2.24) is 0 Å². The summed E-state index contributed by atoms with van der Waals surface area (Å²) in [6.07, 6.45) is 0.963. The van der Waals surface area contributed by atoms with Gasteiger partial charge in [-0.1, -0.05) is 32.0 Å². The lowest BCUT2D eigenvalue weighted by Gasteiger charge is -2.15. The van der Waals surface area contributed by atoms with Crippen molar-refractivity contribution in [1.29, 1.82) is 0 Å². The van der Waals surface area contributed by atoms with Gasteiger partial charge in [0.2, 0.25) is 0 Å². The van der Waals surface area contributed by atoms with Crippen LogP contribution < -0.4 is 14.8 Å². The van der Waals surface area contributed by atoms with Crippen LogP contribution in [0.4, 0.5) is 5.69 Å². The zero-order chi connectivity index (χ0) is 19.6. The minimum atomic E-state index is -0.615. The van der Waals surface area contributed by atoms with Crippen molar-refractivity contribution >= 4 is 17.6 Å². The van der Waals surface area contributed by atoms with Gasteiger partial charge in [0.25, 0.3) is 5.91 Å². The number of benzene rings is 2. The van der Waals surface area contributed by atoms with Crippen LogP contribution >= 0.6 is 0 Å². The molecule has 0 bridgehead atoms. The number of amides is 1. The summed E-state index contributed by atoms with van der Waals surface area (Å²) in [6, 6.07) is 14.4. The first kappa shape index (κ1) is 20.3. The number of anilines is 1. The first-order valence-electron chi connectivity index (χ1n) is 8.84. The van der Waals surface area contributed by atoms with Gasteiger partial charge in [0.1, 0.15) is 11.5 Å². The second-order valence-electron chi connectivity index (χ2n) is 6.07. The predicted octanol–water partition coefficient (Wildman–Crippen LogP) is 3.77. The average Bonchev–Trinajstić information content (AvgIpc) is 2.71. The molecule has 1 atom stereocenters. The van der Waals surface area contributed by atoms with Crippen LogP contribution in [0.5, 0.6) is 11.5 Å². The highest BCUT2D eigenvalue weighted by Gasteiger charge is 2.13. The van der Waals surface area contributed by atoms with Crippen LogP contribution in [-0.2, 0) is 14.3 Å². The van der Waals surface area contributed by atoms with E-state index in [1.807, 2.05) is 24.3 Å². The van der Waals surface area contributed by atoms with Crippen molar-refractivity contribution in [2.45, 2.75) is 26.2 Å². The molecule has 2 aromatic carbocycles. The fourth-order valence-corrected chi connectivity index (χ4v) is 2.45. The number of carbonyl (C=O) groups is 2. The number of para-hydroxylation sites is 1. The van der Waals surface area contributed by atoms with Crippen LogP contribution in [0.15, 0.2) is 48.5 Å². The van der Waals surface area contributed by atoms with E-state index in [2.05, 4.69) is 19.2 Å². The molecule has 144 valence electrons. The Balaban J connectivity index is 1.79. The molecule has 0 spiro atoms. The van der Waals surface area contributed by atoms with Crippen LogP contribution in [0.25, 0.3) is 0 Å². The molecule has 0 aliphatic heterocycles. The number of hydrogen-bond acceptors (Lipinski definition) is 5. The molecular formula is C21H25NO5. The second kappa shape index (κ2) is 10.2. The van der Waals surface area contributed by atoms with Gasteiger partial charge in [0.05, 0.1) is 7.11 Å². The van der Waals surface area contributed by atoms with Gasteiger partial charge in [0.15, 0.2) is 13.2 Å². The van der Waals surface area contributed by atoms with Crippen molar-refractivity contribution in [2.75, 3.05) is 25.6 Å². The standard InChI is InChI=1S/C21H25NO5/c1-4-15(2)18-7-5-6-8-19(18)22-20(23)13-27-21(24)14-26-17-11-9-16(25-3)10-12-17/h5-12,15H,4,13-14H2,1-3H3,(H,22,23)/t15-/m0/s1. The summed E-state index contributed by atoms with van der Waals surface area (Å²) in [6.45, 7) is 3.55. The molecule has 0 heterocycles. The maximum Gasteiger partial charge on any atom is 0.344 e. The summed E-state index contributed by atoms with van der Waals surface area (Å²) < 4.78 is 15.3. The van der Waals surface area contributed by atoms with Gasteiger partial charge in [-0.3, -0.25) is 4.79 Å².